The average molecular weight is 358 g/mol. The lowest BCUT2D eigenvalue weighted by Crippen LogP contribution is -1.92. The SMILES string of the molecule is COc1ccc2ccccc2c1-c1ccc2ccc3cccc4ccc1c2c34. The highest BCUT2D eigenvalue weighted by atomic mass is 16.5. The third kappa shape index (κ3) is 2.02. The van der Waals surface area contributed by atoms with Crippen LogP contribution in [0.15, 0.2) is 91.0 Å². The van der Waals surface area contributed by atoms with Crippen LogP contribution in [0.2, 0.25) is 0 Å². The van der Waals surface area contributed by atoms with Crippen molar-refractivity contribution in [3.05, 3.63) is 91.0 Å². The predicted molar refractivity (Wildman–Crippen MR) is 120 cm³/mol. The Kier molecular flexibility index (Phi) is 3.15. The van der Waals surface area contributed by atoms with Crippen molar-refractivity contribution in [2.24, 2.45) is 0 Å². The smallest absolute Gasteiger partial charge is 0.127 e. The van der Waals surface area contributed by atoms with Gasteiger partial charge in [0.05, 0.1) is 7.11 Å². The third-order valence-electron chi connectivity index (χ3n) is 5.91. The number of benzene rings is 6. The van der Waals surface area contributed by atoms with Gasteiger partial charge in [-0.1, -0.05) is 84.9 Å². The Hall–Kier alpha value is -3.58. The quantitative estimate of drug-likeness (QED) is 0.293. The van der Waals surface area contributed by atoms with Crippen molar-refractivity contribution in [1.82, 2.24) is 0 Å². The van der Waals surface area contributed by atoms with Crippen LogP contribution >= 0.6 is 0 Å². The Bertz CT molecular complexity index is 1480. The molecular formula is C27H18O. The highest BCUT2D eigenvalue weighted by Crippen LogP contribution is 2.44. The second-order valence-electron chi connectivity index (χ2n) is 7.33. The Labute approximate surface area is 163 Å². The minimum absolute atomic E-state index is 0.911. The summed E-state index contributed by atoms with van der Waals surface area (Å²) in [7, 11) is 1.75. The van der Waals surface area contributed by atoms with Crippen LogP contribution in [0.25, 0.3) is 54.2 Å². The molecule has 0 heterocycles. The molecule has 0 radical (unpaired) electrons. The minimum Gasteiger partial charge on any atom is -0.496 e. The molecular weight excluding hydrogens is 340 g/mol. The summed E-state index contributed by atoms with van der Waals surface area (Å²) in [6.07, 6.45) is 0. The van der Waals surface area contributed by atoms with Crippen LogP contribution in [0.5, 0.6) is 5.75 Å². The number of ether oxygens (including phenoxy) is 1. The summed E-state index contributed by atoms with van der Waals surface area (Å²) in [5, 5.41) is 10.3. The highest BCUT2D eigenvalue weighted by Gasteiger charge is 2.16. The fraction of sp³-hybridized carbons (Fsp3) is 0.0370. The van der Waals surface area contributed by atoms with Crippen molar-refractivity contribution < 1.29 is 4.74 Å². The van der Waals surface area contributed by atoms with Crippen molar-refractivity contribution >= 4 is 43.1 Å². The van der Waals surface area contributed by atoms with Gasteiger partial charge in [-0.25, -0.2) is 0 Å². The van der Waals surface area contributed by atoms with Gasteiger partial charge in [0.15, 0.2) is 0 Å². The monoisotopic (exact) mass is 358 g/mol. The van der Waals surface area contributed by atoms with Gasteiger partial charge in [0.25, 0.3) is 0 Å². The van der Waals surface area contributed by atoms with Gasteiger partial charge in [0, 0.05) is 5.56 Å². The van der Waals surface area contributed by atoms with Gasteiger partial charge in [-0.2, -0.15) is 0 Å². The van der Waals surface area contributed by atoms with E-state index < -0.39 is 0 Å². The maximum atomic E-state index is 5.80. The second-order valence-corrected chi connectivity index (χ2v) is 7.33. The molecule has 0 bridgehead atoms. The zero-order chi connectivity index (χ0) is 18.7. The first kappa shape index (κ1) is 15.5. The fourth-order valence-corrected chi connectivity index (χ4v) is 4.65. The molecule has 1 nitrogen and oxygen atoms in total. The largest absolute Gasteiger partial charge is 0.496 e. The lowest BCUT2D eigenvalue weighted by Gasteiger charge is -2.17. The summed E-state index contributed by atoms with van der Waals surface area (Å²) in [4.78, 5) is 0. The van der Waals surface area contributed by atoms with Crippen LogP contribution in [0.1, 0.15) is 0 Å². The van der Waals surface area contributed by atoms with E-state index in [1.807, 2.05) is 0 Å². The normalized spacial score (nSPS) is 11.8. The molecule has 1 heteroatoms. The molecule has 6 rings (SSSR count). The lowest BCUT2D eigenvalue weighted by atomic mass is 9.88. The van der Waals surface area contributed by atoms with E-state index in [2.05, 4.69) is 91.0 Å². The van der Waals surface area contributed by atoms with Crippen molar-refractivity contribution in [3.63, 3.8) is 0 Å². The van der Waals surface area contributed by atoms with Gasteiger partial charge in [-0.05, 0) is 54.7 Å². The van der Waals surface area contributed by atoms with E-state index in [1.54, 1.807) is 7.11 Å². The van der Waals surface area contributed by atoms with Crippen molar-refractivity contribution in [2.45, 2.75) is 0 Å². The Morgan fingerprint density at radius 3 is 1.96 bits per heavy atom. The number of hydrogen-bond donors (Lipinski definition) is 0. The second kappa shape index (κ2) is 5.71. The predicted octanol–water partition coefficient (Wildman–Crippen LogP) is 7.41. The molecule has 132 valence electrons. The van der Waals surface area contributed by atoms with E-state index in [4.69, 9.17) is 4.74 Å². The summed E-state index contributed by atoms with van der Waals surface area (Å²) < 4.78 is 5.80. The van der Waals surface area contributed by atoms with Crippen LogP contribution in [0.3, 0.4) is 0 Å². The Balaban J connectivity index is 1.83. The first-order chi connectivity index (χ1) is 13.8. The van der Waals surface area contributed by atoms with E-state index in [9.17, 15) is 0 Å². The minimum atomic E-state index is 0.911. The molecule has 0 amide bonds. The summed E-state index contributed by atoms with van der Waals surface area (Å²) >= 11 is 0. The van der Waals surface area contributed by atoms with Gasteiger partial charge in [-0.3, -0.25) is 0 Å². The zero-order valence-corrected chi connectivity index (χ0v) is 15.6. The maximum Gasteiger partial charge on any atom is 0.127 e. The molecule has 0 atom stereocenters. The molecule has 0 aliphatic rings. The molecule has 0 N–H and O–H groups in total. The number of hydrogen-bond acceptors (Lipinski definition) is 1. The zero-order valence-electron chi connectivity index (χ0n) is 15.6. The number of rotatable bonds is 2. The number of methoxy groups -OCH3 is 1. The maximum absolute atomic E-state index is 5.80. The topological polar surface area (TPSA) is 9.23 Å². The summed E-state index contributed by atoms with van der Waals surface area (Å²) in [6, 6.07) is 32.7. The fourth-order valence-electron chi connectivity index (χ4n) is 4.65. The summed E-state index contributed by atoms with van der Waals surface area (Å²) in [5.74, 6) is 0.911. The molecule has 0 spiro atoms. The van der Waals surface area contributed by atoms with Gasteiger partial charge in [0.1, 0.15) is 5.75 Å². The molecule has 28 heavy (non-hydrogen) atoms. The van der Waals surface area contributed by atoms with E-state index in [0.29, 0.717) is 0 Å². The third-order valence-corrected chi connectivity index (χ3v) is 5.91. The van der Waals surface area contributed by atoms with Crippen molar-refractivity contribution in [1.29, 1.82) is 0 Å². The van der Waals surface area contributed by atoms with Crippen molar-refractivity contribution in [3.8, 4) is 16.9 Å². The molecule has 0 unspecified atom stereocenters. The molecule has 0 aromatic heterocycles. The molecule has 0 saturated heterocycles. The highest BCUT2D eigenvalue weighted by molar-refractivity contribution is 6.26. The van der Waals surface area contributed by atoms with Crippen LogP contribution in [0.4, 0.5) is 0 Å². The van der Waals surface area contributed by atoms with Gasteiger partial charge in [-0.15, -0.1) is 0 Å². The van der Waals surface area contributed by atoms with Gasteiger partial charge in [0.2, 0.25) is 0 Å². The van der Waals surface area contributed by atoms with Crippen LogP contribution in [-0.2, 0) is 0 Å². The van der Waals surface area contributed by atoms with Crippen LogP contribution < -0.4 is 4.74 Å². The van der Waals surface area contributed by atoms with Crippen LogP contribution in [0, 0.1) is 0 Å². The first-order valence-corrected chi connectivity index (χ1v) is 9.58. The molecule has 6 aromatic rings. The number of fused-ring (bicyclic) bond motifs is 1. The Morgan fingerprint density at radius 1 is 0.500 bits per heavy atom. The molecule has 0 fully saturated rings. The molecule has 0 saturated carbocycles. The van der Waals surface area contributed by atoms with Gasteiger partial charge >= 0.3 is 0 Å². The molecule has 0 aliphatic heterocycles. The Morgan fingerprint density at radius 2 is 1.14 bits per heavy atom. The average Bonchev–Trinajstić information content (AvgIpc) is 2.76. The van der Waals surface area contributed by atoms with Crippen molar-refractivity contribution in [2.75, 3.05) is 7.11 Å². The summed E-state index contributed by atoms with van der Waals surface area (Å²) in [6.45, 7) is 0. The summed E-state index contributed by atoms with van der Waals surface area (Å²) in [5.41, 5.74) is 2.39. The van der Waals surface area contributed by atoms with E-state index in [-0.39, 0.29) is 0 Å². The molecule has 6 aromatic carbocycles. The molecule has 0 aliphatic carbocycles. The lowest BCUT2D eigenvalue weighted by molar-refractivity contribution is 0.417. The standard InChI is InChI=1S/C27H18O/c1-28-24-16-13-17-5-2-3-8-21(17)27(24)23-15-12-20-10-9-18-6-4-7-19-11-14-22(23)26(20)25(18)19/h2-16H,1H3. The van der Waals surface area contributed by atoms with E-state index in [0.717, 1.165) is 5.75 Å². The van der Waals surface area contributed by atoms with Crippen LogP contribution in [-0.4, -0.2) is 7.11 Å². The van der Waals surface area contributed by atoms with E-state index >= 15 is 0 Å². The first-order valence-electron chi connectivity index (χ1n) is 9.58. The van der Waals surface area contributed by atoms with Gasteiger partial charge < -0.3 is 4.74 Å². The van der Waals surface area contributed by atoms with E-state index in [1.165, 1.54) is 54.2 Å².